The highest BCUT2D eigenvalue weighted by Gasteiger charge is 2.42. The lowest BCUT2D eigenvalue weighted by atomic mass is 9.97. The Balaban J connectivity index is 1.43. The molecule has 1 saturated carbocycles. The molecule has 6 nitrogen and oxygen atoms in total. The van der Waals surface area contributed by atoms with Gasteiger partial charge in [-0.3, -0.25) is 9.69 Å². The zero-order chi connectivity index (χ0) is 17.4. The molecule has 0 atom stereocenters. The fourth-order valence-corrected chi connectivity index (χ4v) is 3.37. The van der Waals surface area contributed by atoms with Gasteiger partial charge in [-0.25, -0.2) is 0 Å². The van der Waals surface area contributed by atoms with Crippen LogP contribution in [0.3, 0.4) is 0 Å². The number of rotatable bonds is 5. The van der Waals surface area contributed by atoms with E-state index in [-0.39, 0.29) is 5.91 Å². The summed E-state index contributed by atoms with van der Waals surface area (Å²) in [6.45, 7) is 6.64. The van der Waals surface area contributed by atoms with Gasteiger partial charge in [-0.15, -0.1) is 10.2 Å². The van der Waals surface area contributed by atoms with Crippen LogP contribution in [0.2, 0.25) is 0 Å². The maximum absolute atomic E-state index is 13.0. The number of benzene rings is 1. The van der Waals surface area contributed by atoms with Gasteiger partial charge in [0.05, 0.1) is 12.1 Å². The fraction of sp³-hybridized carbons (Fsp3) is 0.526. The van der Waals surface area contributed by atoms with E-state index in [0.29, 0.717) is 31.4 Å². The van der Waals surface area contributed by atoms with Crippen LogP contribution in [-0.2, 0) is 17.9 Å². The summed E-state index contributed by atoms with van der Waals surface area (Å²) in [7, 11) is 0. The minimum atomic E-state index is -0.582. The summed E-state index contributed by atoms with van der Waals surface area (Å²) >= 11 is 0. The molecule has 1 aromatic heterocycles. The van der Waals surface area contributed by atoms with Gasteiger partial charge in [0, 0.05) is 25.6 Å². The van der Waals surface area contributed by atoms with Gasteiger partial charge >= 0.3 is 0 Å². The summed E-state index contributed by atoms with van der Waals surface area (Å²) in [5.74, 6) is 1.96. The van der Waals surface area contributed by atoms with Crippen molar-refractivity contribution in [3.8, 4) is 0 Å². The summed E-state index contributed by atoms with van der Waals surface area (Å²) in [5, 5.41) is 8.31. The van der Waals surface area contributed by atoms with E-state index in [0.717, 1.165) is 30.8 Å². The second-order valence-electron chi connectivity index (χ2n) is 7.50. The van der Waals surface area contributed by atoms with Crippen LogP contribution in [0.1, 0.15) is 50.0 Å². The first kappa shape index (κ1) is 16.3. The molecule has 1 aliphatic heterocycles. The van der Waals surface area contributed by atoms with E-state index in [4.69, 9.17) is 4.42 Å². The third kappa shape index (κ3) is 3.31. The second kappa shape index (κ2) is 6.26. The molecule has 2 aromatic rings. The van der Waals surface area contributed by atoms with E-state index in [9.17, 15) is 4.79 Å². The Hall–Kier alpha value is -2.21. The van der Waals surface area contributed by atoms with Crippen molar-refractivity contribution in [1.29, 1.82) is 0 Å². The predicted octanol–water partition coefficient (Wildman–Crippen LogP) is 2.57. The Bertz CT molecular complexity index is 752. The molecule has 0 N–H and O–H groups in total. The van der Waals surface area contributed by atoms with Gasteiger partial charge in [0.1, 0.15) is 0 Å². The van der Waals surface area contributed by atoms with Crippen LogP contribution >= 0.6 is 0 Å². The number of carbonyl (C=O) groups excluding carboxylic acids is 1. The predicted molar refractivity (Wildman–Crippen MR) is 92.6 cm³/mol. The van der Waals surface area contributed by atoms with Crippen LogP contribution in [-0.4, -0.2) is 44.5 Å². The van der Waals surface area contributed by atoms with Gasteiger partial charge in [-0.05, 0) is 32.3 Å². The lowest BCUT2D eigenvalue weighted by molar-refractivity contribution is -0.150. The zero-order valence-electron chi connectivity index (χ0n) is 14.8. The molecular weight excluding hydrogens is 316 g/mol. The SMILES string of the molecule is CC1(C)C(=O)N(Cc2ccccc2)CCN1Cc1nnc(C2CC2)o1. The van der Waals surface area contributed by atoms with Gasteiger partial charge in [-0.2, -0.15) is 0 Å². The highest BCUT2D eigenvalue weighted by Crippen LogP contribution is 2.39. The van der Waals surface area contributed by atoms with Crippen LogP contribution in [0.5, 0.6) is 0 Å². The first-order chi connectivity index (χ1) is 12.0. The summed E-state index contributed by atoms with van der Waals surface area (Å²) in [6, 6.07) is 10.1. The van der Waals surface area contributed by atoms with E-state index in [2.05, 4.69) is 27.2 Å². The topological polar surface area (TPSA) is 62.5 Å². The van der Waals surface area contributed by atoms with E-state index >= 15 is 0 Å². The summed E-state index contributed by atoms with van der Waals surface area (Å²) < 4.78 is 5.77. The Kier molecular flexibility index (Phi) is 4.07. The molecule has 1 saturated heterocycles. The quantitative estimate of drug-likeness (QED) is 0.837. The maximum Gasteiger partial charge on any atom is 0.242 e. The highest BCUT2D eigenvalue weighted by molar-refractivity contribution is 5.86. The van der Waals surface area contributed by atoms with Crippen LogP contribution in [0.4, 0.5) is 0 Å². The van der Waals surface area contributed by atoms with Crippen molar-refractivity contribution in [3.05, 3.63) is 47.7 Å². The average Bonchev–Trinajstić information content (AvgIpc) is 3.35. The maximum atomic E-state index is 13.0. The molecule has 132 valence electrons. The number of amides is 1. The molecule has 1 amide bonds. The first-order valence-electron chi connectivity index (χ1n) is 8.94. The Morgan fingerprint density at radius 2 is 1.88 bits per heavy atom. The number of nitrogens with zero attached hydrogens (tertiary/aromatic N) is 4. The summed E-state index contributed by atoms with van der Waals surface area (Å²) in [4.78, 5) is 17.1. The average molecular weight is 340 g/mol. The molecule has 1 aromatic carbocycles. The van der Waals surface area contributed by atoms with Crippen molar-refractivity contribution in [3.63, 3.8) is 0 Å². The highest BCUT2D eigenvalue weighted by atomic mass is 16.4. The molecule has 0 spiro atoms. The molecule has 6 heteroatoms. The van der Waals surface area contributed by atoms with Crippen LogP contribution in [0.25, 0.3) is 0 Å². The number of hydrogen-bond donors (Lipinski definition) is 0. The number of carbonyl (C=O) groups is 1. The van der Waals surface area contributed by atoms with E-state index in [1.807, 2.05) is 36.9 Å². The van der Waals surface area contributed by atoms with Gasteiger partial charge < -0.3 is 9.32 Å². The van der Waals surface area contributed by atoms with Gasteiger partial charge in [0.15, 0.2) is 0 Å². The lowest BCUT2D eigenvalue weighted by Gasteiger charge is -2.45. The smallest absolute Gasteiger partial charge is 0.242 e. The minimum Gasteiger partial charge on any atom is -0.424 e. The van der Waals surface area contributed by atoms with Crippen molar-refractivity contribution in [1.82, 2.24) is 20.0 Å². The van der Waals surface area contributed by atoms with E-state index in [1.54, 1.807) is 0 Å². The molecule has 4 rings (SSSR count). The first-order valence-corrected chi connectivity index (χ1v) is 8.94. The molecular formula is C19H24N4O2. The Labute approximate surface area is 147 Å². The third-order valence-electron chi connectivity index (χ3n) is 5.19. The molecule has 0 radical (unpaired) electrons. The van der Waals surface area contributed by atoms with Crippen LogP contribution in [0.15, 0.2) is 34.7 Å². The molecule has 25 heavy (non-hydrogen) atoms. The van der Waals surface area contributed by atoms with Crippen LogP contribution < -0.4 is 0 Å². The molecule has 0 unspecified atom stereocenters. The zero-order valence-corrected chi connectivity index (χ0v) is 14.8. The largest absolute Gasteiger partial charge is 0.424 e. The Morgan fingerprint density at radius 3 is 2.60 bits per heavy atom. The minimum absolute atomic E-state index is 0.143. The fourth-order valence-electron chi connectivity index (χ4n) is 3.37. The van der Waals surface area contributed by atoms with Crippen molar-refractivity contribution in [2.45, 2.75) is 51.2 Å². The van der Waals surface area contributed by atoms with E-state index in [1.165, 1.54) is 0 Å². The molecule has 2 fully saturated rings. The summed E-state index contributed by atoms with van der Waals surface area (Å²) in [6.07, 6.45) is 2.29. The number of hydrogen-bond acceptors (Lipinski definition) is 5. The van der Waals surface area contributed by atoms with Gasteiger partial charge in [-0.1, -0.05) is 30.3 Å². The standard InChI is InChI=1S/C19H24N4O2/c1-19(2)18(24)22(12-14-6-4-3-5-7-14)10-11-23(19)13-16-20-21-17(25-16)15-8-9-15/h3-7,15H,8-13H2,1-2H3. The van der Waals surface area contributed by atoms with Crippen molar-refractivity contribution >= 4 is 5.91 Å². The number of aromatic nitrogens is 2. The third-order valence-corrected chi connectivity index (χ3v) is 5.19. The summed E-state index contributed by atoms with van der Waals surface area (Å²) in [5.41, 5.74) is 0.576. The molecule has 2 heterocycles. The van der Waals surface area contributed by atoms with Crippen molar-refractivity contribution < 1.29 is 9.21 Å². The molecule has 1 aliphatic carbocycles. The monoisotopic (exact) mass is 340 g/mol. The molecule has 2 aliphatic rings. The second-order valence-corrected chi connectivity index (χ2v) is 7.50. The number of piperazine rings is 1. The molecule has 0 bridgehead atoms. The Morgan fingerprint density at radius 1 is 1.12 bits per heavy atom. The normalized spacial score (nSPS) is 20.9. The van der Waals surface area contributed by atoms with Gasteiger partial charge in [0.2, 0.25) is 17.7 Å². The van der Waals surface area contributed by atoms with Crippen molar-refractivity contribution in [2.24, 2.45) is 0 Å². The van der Waals surface area contributed by atoms with Crippen molar-refractivity contribution in [2.75, 3.05) is 13.1 Å². The van der Waals surface area contributed by atoms with Gasteiger partial charge in [0.25, 0.3) is 0 Å². The lowest BCUT2D eigenvalue weighted by Crippen LogP contribution is -2.62. The van der Waals surface area contributed by atoms with E-state index < -0.39 is 5.54 Å². The van der Waals surface area contributed by atoms with Crippen LogP contribution in [0, 0.1) is 0 Å².